The maximum absolute atomic E-state index is 10.3. The van der Waals surface area contributed by atoms with Gasteiger partial charge in [0, 0.05) is 6.07 Å². The van der Waals surface area contributed by atoms with Gasteiger partial charge >= 0.3 is 5.97 Å². The molecule has 1 N–H and O–H groups in total. The second kappa shape index (κ2) is 4.45. The maximum Gasteiger partial charge on any atom is 0.354 e. The highest BCUT2D eigenvalue weighted by molar-refractivity contribution is 6.32. The average molecular weight is 229 g/mol. The number of hydrogen-bond acceptors (Lipinski definition) is 3. The van der Waals surface area contributed by atoms with E-state index in [0.29, 0.717) is 0 Å². The van der Waals surface area contributed by atoms with E-state index < -0.39 is 5.97 Å². The molecule has 1 aromatic rings. The fourth-order valence-electron chi connectivity index (χ4n) is 0.499. The summed E-state index contributed by atoms with van der Waals surface area (Å²) >= 11 is 10.7. The molecule has 0 radical (unpaired) electrons. The molecule has 0 aliphatic carbocycles. The summed E-state index contributed by atoms with van der Waals surface area (Å²) in [5.41, 5.74) is -0.213. The molecular weight excluding hydrogens is 226 g/mol. The summed E-state index contributed by atoms with van der Waals surface area (Å²) in [5, 5.41) is 8.27. The number of hydrogen-bond donors (Lipinski definition) is 1. The fraction of sp³-hybridized carbons (Fsp3) is 0. The van der Waals surface area contributed by atoms with Crippen molar-refractivity contribution in [3.8, 4) is 0 Å². The molecule has 1 aromatic heterocycles. The van der Waals surface area contributed by atoms with Crippen molar-refractivity contribution in [2.24, 2.45) is 0 Å². The van der Waals surface area contributed by atoms with Crippen molar-refractivity contribution >= 4 is 41.6 Å². The van der Waals surface area contributed by atoms with E-state index in [2.05, 4.69) is 9.97 Å². The Balaban J connectivity index is 0.00000121. The van der Waals surface area contributed by atoms with Gasteiger partial charge in [-0.25, -0.2) is 14.8 Å². The first-order valence-electron chi connectivity index (χ1n) is 2.53. The van der Waals surface area contributed by atoms with Crippen molar-refractivity contribution in [3.05, 3.63) is 22.2 Å². The van der Waals surface area contributed by atoms with Gasteiger partial charge in [-0.05, 0) is 11.6 Å². The summed E-state index contributed by atoms with van der Waals surface area (Å²) in [6, 6.07) is 1.12. The van der Waals surface area contributed by atoms with Crippen LogP contribution in [-0.4, -0.2) is 21.0 Å². The van der Waals surface area contributed by atoms with Crippen LogP contribution in [0.3, 0.4) is 0 Å². The maximum atomic E-state index is 10.3. The molecule has 0 atom stereocenters. The van der Waals surface area contributed by atoms with Gasteiger partial charge in [-0.1, -0.05) is 11.6 Å². The Labute approximate surface area is 84.0 Å². The molecule has 0 aliphatic rings. The Hall–Kier alpha value is -0.580. The second-order valence-electron chi connectivity index (χ2n) is 1.65. The lowest BCUT2D eigenvalue weighted by Crippen LogP contribution is -2.01. The zero-order valence-corrected chi connectivity index (χ0v) is 7.82. The highest BCUT2D eigenvalue weighted by atomic mass is 35.5. The van der Waals surface area contributed by atoms with Gasteiger partial charge in [0.1, 0.15) is 5.15 Å². The van der Waals surface area contributed by atoms with Gasteiger partial charge < -0.3 is 5.11 Å². The molecule has 7 heteroatoms. The van der Waals surface area contributed by atoms with Crippen molar-refractivity contribution in [3.63, 3.8) is 0 Å². The van der Waals surface area contributed by atoms with E-state index in [1.807, 2.05) is 0 Å². The smallest absolute Gasteiger partial charge is 0.354 e. The second-order valence-corrected chi connectivity index (χ2v) is 2.38. The lowest BCUT2D eigenvalue weighted by molar-refractivity contribution is 0.0690. The number of carbonyl (C=O) groups is 1. The summed E-state index contributed by atoms with van der Waals surface area (Å²) in [4.78, 5) is 17.2. The number of rotatable bonds is 1. The van der Waals surface area contributed by atoms with Gasteiger partial charge in [0.2, 0.25) is 5.28 Å². The van der Waals surface area contributed by atoms with Crippen LogP contribution in [0.4, 0.5) is 0 Å². The van der Waals surface area contributed by atoms with E-state index in [1.54, 1.807) is 0 Å². The van der Waals surface area contributed by atoms with Gasteiger partial charge in [0.05, 0.1) is 0 Å². The Kier molecular flexibility index (Phi) is 4.23. The van der Waals surface area contributed by atoms with Gasteiger partial charge in [0.15, 0.2) is 5.69 Å². The fourth-order valence-corrected chi connectivity index (χ4v) is 0.908. The number of aromatic nitrogens is 2. The first-order chi connectivity index (χ1) is 5.09. The van der Waals surface area contributed by atoms with Crippen LogP contribution in [0.1, 0.15) is 10.5 Å². The minimum absolute atomic E-state index is 0. The standard InChI is InChI=1S/C5H2Cl2N2O2.ClH/c6-3-1-2(4(10)11)8-5(7)9-3;/h1H,(H,10,11);1H. The predicted octanol–water partition coefficient (Wildman–Crippen LogP) is 1.90. The zero-order valence-electron chi connectivity index (χ0n) is 5.49. The van der Waals surface area contributed by atoms with E-state index in [0.717, 1.165) is 6.07 Å². The van der Waals surface area contributed by atoms with Crippen LogP contribution in [0.2, 0.25) is 10.4 Å². The van der Waals surface area contributed by atoms with E-state index in [1.165, 1.54) is 0 Å². The number of halogens is 3. The Morgan fingerprint density at radius 2 is 2.00 bits per heavy atom. The lowest BCUT2D eigenvalue weighted by atomic mass is 10.4. The highest BCUT2D eigenvalue weighted by Crippen LogP contribution is 2.10. The van der Waals surface area contributed by atoms with Gasteiger partial charge in [-0.15, -0.1) is 12.4 Å². The lowest BCUT2D eigenvalue weighted by Gasteiger charge is -1.93. The average Bonchev–Trinajstić information content (AvgIpc) is 1.85. The van der Waals surface area contributed by atoms with Gasteiger partial charge in [-0.3, -0.25) is 0 Å². The molecule has 0 amide bonds. The quantitative estimate of drug-likeness (QED) is 0.590. The normalized spacial score (nSPS) is 8.83. The molecule has 0 aromatic carbocycles. The molecular formula is C5H3Cl3N2O2. The van der Waals surface area contributed by atoms with Crippen LogP contribution in [0.5, 0.6) is 0 Å². The molecule has 0 unspecified atom stereocenters. The van der Waals surface area contributed by atoms with Gasteiger partial charge in [0.25, 0.3) is 0 Å². The Bertz CT molecular complexity index is 284. The molecule has 0 aliphatic heterocycles. The summed E-state index contributed by atoms with van der Waals surface area (Å²) in [6.45, 7) is 0. The molecule has 12 heavy (non-hydrogen) atoms. The first-order valence-corrected chi connectivity index (χ1v) is 3.28. The van der Waals surface area contributed by atoms with Crippen LogP contribution >= 0.6 is 35.6 Å². The van der Waals surface area contributed by atoms with Crippen molar-refractivity contribution in [2.75, 3.05) is 0 Å². The minimum Gasteiger partial charge on any atom is -0.477 e. The summed E-state index contributed by atoms with van der Waals surface area (Å²) in [7, 11) is 0. The van der Waals surface area contributed by atoms with E-state index in [-0.39, 0.29) is 28.5 Å². The van der Waals surface area contributed by atoms with E-state index >= 15 is 0 Å². The summed E-state index contributed by atoms with van der Waals surface area (Å²) < 4.78 is 0. The molecule has 0 bridgehead atoms. The topological polar surface area (TPSA) is 63.1 Å². The van der Waals surface area contributed by atoms with Crippen LogP contribution in [0, 0.1) is 0 Å². The molecule has 4 nitrogen and oxygen atoms in total. The van der Waals surface area contributed by atoms with Crippen LogP contribution in [-0.2, 0) is 0 Å². The molecule has 66 valence electrons. The third kappa shape index (κ3) is 2.81. The van der Waals surface area contributed by atoms with Crippen LogP contribution < -0.4 is 0 Å². The third-order valence-electron chi connectivity index (χ3n) is 0.887. The molecule has 1 rings (SSSR count). The van der Waals surface area contributed by atoms with Crippen LogP contribution in [0.25, 0.3) is 0 Å². The van der Waals surface area contributed by atoms with E-state index in [9.17, 15) is 4.79 Å². The summed E-state index contributed by atoms with van der Waals surface area (Å²) in [6.07, 6.45) is 0. The largest absolute Gasteiger partial charge is 0.477 e. The van der Waals surface area contributed by atoms with Crippen LogP contribution in [0.15, 0.2) is 6.07 Å². The molecule has 1 heterocycles. The van der Waals surface area contributed by atoms with Gasteiger partial charge in [-0.2, -0.15) is 0 Å². The van der Waals surface area contributed by atoms with E-state index in [4.69, 9.17) is 28.3 Å². The number of aromatic carboxylic acids is 1. The van der Waals surface area contributed by atoms with Crippen molar-refractivity contribution in [1.29, 1.82) is 0 Å². The Morgan fingerprint density at radius 3 is 2.42 bits per heavy atom. The third-order valence-corrected chi connectivity index (χ3v) is 1.25. The van der Waals surface area contributed by atoms with Crippen molar-refractivity contribution < 1.29 is 9.90 Å². The first kappa shape index (κ1) is 11.4. The Morgan fingerprint density at radius 1 is 1.42 bits per heavy atom. The summed E-state index contributed by atoms with van der Waals surface area (Å²) in [5.74, 6) is -1.18. The molecule has 0 saturated heterocycles. The highest BCUT2D eigenvalue weighted by Gasteiger charge is 2.07. The molecule has 0 spiro atoms. The van der Waals surface area contributed by atoms with Crippen molar-refractivity contribution in [2.45, 2.75) is 0 Å². The SMILES string of the molecule is Cl.O=C(O)c1cc(Cl)nc(Cl)n1. The van der Waals surface area contributed by atoms with Crippen molar-refractivity contribution in [1.82, 2.24) is 9.97 Å². The molecule has 0 fully saturated rings. The predicted molar refractivity (Wildman–Crippen MR) is 46.3 cm³/mol. The zero-order chi connectivity index (χ0) is 8.43. The number of carboxylic acid groups (broad SMARTS) is 1. The number of nitrogens with zero attached hydrogens (tertiary/aromatic N) is 2. The minimum atomic E-state index is -1.18. The number of carboxylic acids is 1. The molecule has 0 saturated carbocycles. The monoisotopic (exact) mass is 228 g/mol.